The molecule has 3 rings (SSSR count). The number of nitrogens with zero attached hydrogens (tertiary/aromatic N) is 2. The summed E-state index contributed by atoms with van der Waals surface area (Å²) in [4.78, 5) is 10.6. The standard InChI is InChI=1S/C13H13N3O5S/c14-13(17)21-22(18,19)11-10(9-5-2-1-3-6-9)15-16-7-4-8-20-12(11)16/h1-3,5-6H,4,7-8H2,(H2,14,17). The Bertz CT molecular complexity index is 814. The third kappa shape index (κ3) is 2.50. The lowest BCUT2D eigenvalue weighted by Gasteiger charge is -2.15. The van der Waals surface area contributed by atoms with E-state index in [-0.39, 0.29) is 16.5 Å². The monoisotopic (exact) mass is 323 g/mol. The molecule has 0 bridgehead atoms. The molecule has 22 heavy (non-hydrogen) atoms. The fourth-order valence-corrected chi connectivity index (χ4v) is 3.34. The van der Waals surface area contributed by atoms with Gasteiger partial charge in [0, 0.05) is 18.5 Å². The van der Waals surface area contributed by atoms with Crippen molar-refractivity contribution in [3.8, 4) is 17.1 Å². The van der Waals surface area contributed by atoms with Gasteiger partial charge in [0.2, 0.25) is 5.88 Å². The normalized spacial score (nSPS) is 14.0. The van der Waals surface area contributed by atoms with Crippen LogP contribution in [0.4, 0.5) is 4.79 Å². The zero-order valence-electron chi connectivity index (χ0n) is 11.4. The van der Waals surface area contributed by atoms with Crippen molar-refractivity contribution in [1.82, 2.24) is 9.78 Å². The Labute approximate surface area is 126 Å². The maximum atomic E-state index is 12.3. The summed E-state index contributed by atoms with van der Waals surface area (Å²) in [5, 5.41) is 4.27. The Kier molecular flexibility index (Phi) is 3.49. The molecular weight excluding hydrogens is 310 g/mol. The van der Waals surface area contributed by atoms with E-state index in [4.69, 9.17) is 10.5 Å². The van der Waals surface area contributed by atoms with E-state index >= 15 is 0 Å². The van der Waals surface area contributed by atoms with Crippen LogP contribution in [0.2, 0.25) is 0 Å². The average Bonchev–Trinajstić information content (AvgIpc) is 2.87. The predicted molar refractivity (Wildman–Crippen MR) is 75.6 cm³/mol. The summed E-state index contributed by atoms with van der Waals surface area (Å²) >= 11 is 0. The number of primary amides is 1. The molecule has 0 saturated carbocycles. The summed E-state index contributed by atoms with van der Waals surface area (Å²) in [7, 11) is -4.42. The van der Waals surface area contributed by atoms with Crippen molar-refractivity contribution in [2.45, 2.75) is 17.9 Å². The molecule has 9 heteroatoms. The minimum Gasteiger partial charge on any atom is -0.477 e. The van der Waals surface area contributed by atoms with Gasteiger partial charge in [0.05, 0.1) is 6.61 Å². The van der Waals surface area contributed by atoms with Gasteiger partial charge in [-0.15, -0.1) is 0 Å². The summed E-state index contributed by atoms with van der Waals surface area (Å²) in [6, 6.07) is 8.71. The van der Waals surface area contributed by atoms with E-state index in [1.807, 2.05) is 0 Å². The van der Waals surface area contributed by atoms with Gasteiger partial charge in [-0.1, -0.05) is 30.3 Å². The Morgan fingerprint density at radius 2 is 2.05 bits per heavy atom. The van der Waals surface area contributed by atoms with Crippen molar-refractivity contribution in [3.63, 3.8) is 0 Å². The predicted octanol–water partition coefficient (Wildman–Crippen LogP) is 1.12. The van der Waals surface area contributed by atoms with Crippen LogP contribution < -0.4 is 10.5 Å². The first kappa shape index (κ1) is 14.4. The molecule has 1 aromatic heterocycles. The van der Waals surface area contributed by atoms with E-state index in [1.165, 1.54) is 4.68 Å². The first-order valence-corrected chi connectivity index (χ1v) is 7.93. The molecule has 2 N–H and O–H groups in total. The Hall–Kier alpha value is -2.55. The molecule has 1 aliphatic heterocycles. The molecule has 8 nitrogen and oxygen atoms in total. The number of nitrogens with two attached hydrogens (primary N) is 1. The highest BCUT2D eigenvalue weighted by Crippen LogP contribution is 2.37. The smallest absolute Gasteiger partial charge is 0.420 e. The van der Waals surface area contributed by atoms with Crippen LogP contribution in [-0.4, -0.2) is 30.9 Å². The van der Waals surface area contributed by atoms with Crippen LogP contribution in [0.3, 0.4) is 0 Å². The zero-order chi connectivity index (χ0) is 15.7. The van der Waals surface area contributed by atoms with Crippen molar-refractivity contribution in [2.24, 2.45) is 5.73 Å². The zero-order valence-corrected chi connectivity index (χ0v) is 12.2. The van der Waals surface area contributed by atoms with Crippen LogP contribution in [0.5, 0.6) is 5.88 Å². The number of aromatic nitrogens is 2. The quantitative estimate of drug-likeness (QED) is 0.847. The van der Waals surface area contributed by atoms with Crippen LogP contribution in [0.15, 0.2) is 35.2 Å². The highest BCUT2D eigenvalue weighted by Gasteiger charge is 2.34. The molecule has 0 spiro atoms. The molecule has 116 valence electrons. The Morgan fingerprint density at radius 3 is 2.73 bits per heavy atom. The summed E-state index contributed by atoms with van der Waals surface area (Å²) in [5.74, 6) is 0.0614. The maximum absolute atomic E-state index is 12.3. The molecule has 2 heterocycles. The highest BCUT2D eigenvalue weighted by atomic mass is 32.2. The largest absolute Gasteiger partial charge is 0.477 e. The van der Waals surface area contributed by atoms with Gasteiger partial charge in [-0.25, -0.2) is 9.48 Å². The van der Waals surface area contributed by atoms with Crippen LogP contribution in [-0.2, 0) is 20.8 Å². The highest BCUT2D eigenvalue weighted by molar-refractivity contribution is 7.87. The number of aryl methyl sites for hydroxylation is 1. The number of hydrogen-bond acceptors (Lipinski definition) is 6. The van der Waals surface area contributed by atoms with Gasteiger partial charge >= 0.3 is 16.2 Å². The third-order valence-electron chi connectivity index (χ3n) is 3.11. The number of ether oxygens (including phenoxy) is 1. The summed E-state index contributed by atoms with van der Waals surface area (Å²) < 4.78 is 35.8. The van der Waals surface area contributed by atoms with E-state index in [0.717, 1.165) is 0 Å². The van der Waals surface area contributed by atoms with Crippen LogP contribution in [0.1, 0.15) is 6.42 Å². The number of benzene rings is 1. The molecule has 0 aliphatic carbocycles. The van der Waals surface area contributed by atoms with E-state index in [1.54, 1.807) is 30.3 Å². The molecule has 1 aromatic carbocycles. The molecular formula is C13H13N3O5S. The number of carbonyl (C=O) groups is 1. The van der Waals surface area contributed by atoms with Crippen LogP contribution >= 0.6 is 0 Å². The lowest BCUT2D eigenvalue weighted by Crippen LogP contribution is -2.21. The topological polar surface area (TPSA) is 114 Å². The van der Waals surface area contributed by atoms with Gasteiger partial charge in [0.25, 0.3) is 0 Å². The van der Waals surface area contributed by atoms with Gasteiger partial charge < -0.3 is 14.7 Å². The SMILES string of the molecule is NC(=O)OS(=O)(=O)c1c(-c2ccccc2)nn2c1OCCC2. The van der Waals surface area contributed by atoms with Crippen molar-refractivity contribution >= 4 is 16.2 Å². The maximum Gasteiger partial charge on any atom is 0.420 e. The number of amides is 1. The summed E-state index contributed by atoms with van der Waals surface area (Å²) in [6.45, 7) is 0.875. The number of rotatable bonds is 3. The Balaban J connectivity index is 2.23. The summed E-state index contributed by atoms with van der Waals surface area (Å²) in [5.41, 5.74) is 5.58. The molecule has 0 fully saturated rings. The second-order valence-corrected chi connectivity index (χ2v) is 6.11. The molecule has 0 radical (unpaired) electrons. The molecule has 0 atom stereocenters. The lowest BCUT2D eigenvalue weighted by atomic mass is 10.1. The van der Waals surface area contributed by atoms with Gasteiger partial charge in [0.1, 0.15) is 5.69 Å². The van der Waals surface area contributed by atoms with E-state index in [2.05, 4.69) is 9.28 Å². The minimum absolute atomic E-state index is 0.0614. The average molecular weight is 323 g/mol. The van der Waals surface area contributed by atoms with Gasteiger partial charge in [-0.2, -0.15) is 13.5 Å². The molecule has 1 amide bonds. The first-order chi connectivity index (χ1) is 10.5. The van der Waals surface area contributed by atoms with Crippen LogP contribution in [0.25, 0.3) is 11.3 Å². The number of hydrogen-bond donors (Lipinski definition) is 1. The minimum atomic E-state index is -4.42. The van der Waals surface area contributed by atoms with Gasteiger partial charge in [-0.05, 0) is 0 Å². The number of fused-ring (bicyclic) bond motifs is 1. The molecule has 0 saturated heterocycles. The fourth-order valence-electron chi connectivity index (χ4n) is 2.26. The second kappa shape index (κ2) is 5.34. The second-order valence-electron chi connectivity index (χ2n) is 4.63. The van der Waals surface area contributed by atoms with E-state index in [9.17, 15) is 13.2 Å². The third-order valence-corrected chi connectivity index (χ3v) is 4.36. The van der Waals surface area contributed by atoms with Crippen molar-refractivity contribution < 1.29 is 22.1 Å². The molecule has 2 aromatic rings. The molecule has 1 aliphatic rings. The summed E-state index contributed by atoms with van der Waals surface area (Å²) in [6.07, 6.45) is -0.700. The van der Waals surface area contributed by atoms with Crippen molar-refractivity contribution in [2.75, 3.05) is 6.61 Å². The van der Waals surface area contributed by atoms with Crippen molar-refractivity contribution in [3.05, 3.63) is 30.3 Å². The van der Waals surface area contributed by atoms with Gasteiger partial charge in [0.15, 0.2) is 4.90 Å². The Morgan fingerprint density at radius 1 is 1.32 bits per heavy atom. The first-order valence-electron chi connectivity index (χ1n) is 6.52. The van der Waals surface area contributed by atoms with E-state index in [0.29, 0.717) is 25.1 Å². The van der Waals surface area contributed by atoms with E-state index < -0.39 is 16.2 Å². The van der Waals surface area contributed by atoms with Crippen LogP contribution in [0, 0.1) is 0 Å². The lowest BCUT2D eigenvalue weighted by molar-refractivity contribution is 0.210. The van der Waals surface area contributed by atoms with Crippen molar-refractivity contribution in [1.29, 1.82) is 0 Å². The fraction of sp³-hybridized carbons (Fsp3) is 0.231. The van der Waals surface area contributed by atoms with Gasteiger partial charge in [-0.3, -0.25) is 0 Å². The molecule has 0 unspecified atom stereocenters. The number of carbonyl (C=O) groups excluding carboxylic acids is 1.